The van der Waals surface area contributed by atoms with Crippen molar-refractivity contribution in [1.29, 1.82) is 0 Å². The molecule has 7 heteroatoms. The van der Waals surface area contributed by atoms with Crippen LogP contribution >= 0.6 is 23.4 Å². The standard InChI is InChI=1S/C23H20ClNO4S/c1-3-30-22-13(2)17(14-4-9-19-20(10-14)29-12-28-19)11-18(26)21(22)23(27)25-16-7-5-15(24)6-8-16/h4-11,26H,3,12H2,1-2H3,(H,25,27). The van der Waals surface area contributed by atoms with Gasteiger partial charge in [-0.3, -0.25) is 4.79 Å². The molecular weight excluding hydrogens is 422 g/mol. The Balaban J connectivity index is 1.75. The highest BCUT2D eigenvalue weighted by Gasteiger charge is 2.23. The van der Waals surface area contributed by atoms with E-state index in [4.69, 9.17) is 21.1 Å². The third-order valence-corrected chi connectivity index (χ3v) is 6.15. The van der Waals surface area contributed by atoms with Crippen LogP contribution in [0.5, 0.6) is 17.2 Å². The highest BCUT2D eigenvalue weighted by molar-refractivity contribution is 7.99. The van der Waals surface area contributed by atoms with Gasteiger partial charge in [-0.1, -0.05) is 24.6 Å². The van der Waals surface area contributed by atoms with E-state index in [1.807, 2.05) is 32.0 Å². The van der Waals surface area contributed by atoms with Crippen molar-refractivity contribution in [1.82, 2.24) is 0 Å². The Morgan fingerprint density at radius 2 is 1.87 bits per heavy atom. The SMILES string of the molecule is CCSc1c(C)c(-c2ccc3c(c2)OCO3)cc(O)c1C(=O)Nc1ccc(Cl)cc1. The molecule has 1 amide bonds. The number of halogens is 1. The monoisotopic (exact) mass is 441 g/mol. The number of carbonyl (C=O) groups excluding carboxylic acids is 1. The minimum atomic E-state index is -0.369. The van der Waals surface area contributed by atoms with E-state index >= 15 is 0 Å². The van der Waals surface area contributed by atoms with Crippen LogP contribution in [0.3, 0.4) is 0 Å². The summed E-state index contributed by atoms with van der Waals surface area (Å²) in [6, 6.07) is 14.1. The van der Waals surface area contributed by atoms with Crippen LogP contribution < -0.4 is 14.8 Å². The number of anilines is 1. The molecule has 1 aliphatic rings. The van der Waals surface area contributed by atoms with E-state index in [-0.39, 0.29) is 24.0 Å². The molecule has 0 fully saturated rings. The summed E-state index contributed by atoms with van der Waals surface area (Å²) in [6.45, 7) is 4.16. The predicted molar refractivity (Wildman–Crippen MR) is 120 cm³/mol. The Morgan fingerprint density at radius 3 is 2.60 bits per heavy atom. The molecule has 1 heterocycles. The second-order valence-electron chi connectivity index (χ2n) is 6.73. The number of fused-ring (bicyclic) bond motifs is 1. The molecule has 0 radical (unpaired) electrons. The average Bonchev–Trinajstić information content (AvgIpc) is 3.20. The molecule has 5 nitrogen and oxygen atoms in total. The molecule has 154 valence electrons. The van der Waals surface area contributed by atoms with E-state index in [0.29, 0.717) is 22.2 Å². The minimum Gasteiger partial charge on any atom is -0.507 e. The first-order chi connectivity index (χ1) is 14.5. The van der Waals surface area contributed by atoms with Gasteiger partial charge in [-0.05, 0) is 71.8 Å². The van der Waals surface area contributed by atoms with Crippen molar-refractivity contribution in [2.45, 2.75) is 18.7 Å². The number of hydrogen-bond donors (Lipinski definition) is 2. The lowest BCUT2D eigenvalue weighted by molar-refractivity contribution is 0.102. The van der Waals surface area contributed by atoms with Crippen molar-refractivity contribution in [3.05, 3.63) is 64.7 Å². The molecule has 2 N–H and O–H groups in total. The maximum absolute atomic E-state index is 13.0. The van der Waals surface area contributed by atoms with Crippen LogP contribution in [0.4, 0.5) is 5.69 Å². The smallest absolute Gasteiger partial charge is 0.260 e. The predicted octanol–water partition coefficient (Wildman–Crippen LogP) is 6.11. The molecule has 0 bridgehead atoms. The molecule has 4 rings (SSSR count). The number of aromatic hydroxyl groups is 1. The van der Waals surface area contributed by atoms with Crippen LogP contribution in [-0.4, -0.2) is 23.6 Å². The first kappa shape index (κ1) is 20.4. The molecule has 0 aliphatic carbocycles. The van der Waals surface area contributed by atoms with Gasteiger partial charge in [0.1, 0.15) is 5.75 Å². The highest BCUT2D eigenvalue weighted by Crippen LogP contribution is 2.42. The first-order valence-corrected chi connectivity index (χ1v) is 10.8. The number of phenols is 1. The summed E-state index contributed by atoms with van der Waals surface area (Å²) in [6.07, 6.45) is 0. The Hall–Kier alpha value is -2.83. The Morgan fingerprint density at radius 1 is 1.13 bits per heavy atom. The van der Waals surface area contributed by atoms with Crippen molar-refractivity contribution in [2.24, 2.45) is 0 Å². The lowest BCUT2D eigenvalue weighted by Gasteiger charge is -2.18. The molecule has 0 aromatic heterocycles. The van der Waals surface area contributed by atoms with E-state index in [2.05, 4.69) is 5.32 Å². The zero-order valence-corrected chi connectivity index (χ0v) is 18.1. The number of phenolic OH excluding ortho intramolecular Hbond substituents is 1. The van der Waals surface area contributed by atoms with Gasteiger partial charge < -0.3 is 19.9 Å². The number of rotatable bonds is 5. The van der Waals surface area contributed by atoms with Gasteiger partial charge >= 0.3 is 0 Å². The van der Waals surface area contributed by atoms with Crippen LogP contribution in [-0.2, 0) is 0 Å². The van der Waals surface area contributed by atoms with Gasteiger partial charge in [0, 0.05) is 15.6 Å². The maximum atomic E-state index is 13.0. The van der Waals surface area contributed by atoms with Crippen LogP contribution in [0.25, 0.3) is 11.1 Å². The third-order valence-electron chi connectivity index (χ3n) is 4.81. The number of hydrogen-bond acceptors (Lipinski definition) is 5. The van der Waals surface area contributed by atoms with Crippen LogP contribution in [0.2, 0.25) is 5.02 Å². The summed E-state index contributed by atoms with van der Waals surface area (Å²) >= 11 is 7.44. The second kappa shape index (κ2) is 8.50. The van der Waals surface area contributed by atoms with Gasteiger partial charge in [-0.25, -0.2) is 0 Å². The summed E-state index contributed by atoms with van der Waals surface area (Å²) in [4.78, 5) is 13.8. The molecule has 30 heavy (non-hydrogen) atoms. The van der Waals surface area contributed by atoms with Crippen molar-refractivity contribution in [2.75, 3.05) is 17.9 Å². The lowest BCUT2D eigenvalue weighted by atomic mass is 9.96. The average molecular weight is 442 g/mol. The first-order valence-electron chi connectivity index (χ1n) is 9.44. The number of ether oxygens (including phenoxy) is 2. The molecule has 3 aromatic carbocycles. The number of nitrogens with one attached hydrogen (secondary N) is 1. The van der Waals surface area contributed by atoms with E-state index < -0.39 is 0 Å². The quantitative estimate of drug-likeness (QED) is 0.467. The van der Waals surface area contributed by atoms with E-state index in [0.717, 1.165) is 27.3 Å². The van der Waals surface area contributed by atoms with E-state index in [9.17, 15) is 9.90 Å². The van der Waals surface area contributed by atoms with Crippen molar-refractivity contribution >= 4 is 35.0 Å². The van der Waals surface area contributed by atoms with Crippen LogP contribution in [0, 0.1) is 6.92 Å². The van der Waals surface area contributed by atoms with Gasteiger partial charge in [-0.15, -0.1) is 11.8 Å². The molecule has 0 atom stereocenters. The summed E-state index contributed by atoms with van der Waals surface area (Å²) in [7, 11) is 0. The summed E-state index contributed by atoms with van der Waals surface area (Å²) in [5.74, 6) is 1.68. The minimum absolute atomic E-state index is 0.0734. The largest absolute Gasteiger partial charge is 0.507 e. The second-order valence-corrected chi connectivity index (χ2v) is 8.45. The Bertz CT molecular complexity index is 1120. The molecule has 0 saturated carbocycles. The zero-order chi connectivity index (χ0) is 21.3. The molecule has 0 unspecified atom stereocenters. The lowest BCUT2D eigenvalue weighted by Crippen LogP contribution is -2.14. The fourth-order valence-corrected chi connectivity index (χ4v) is 4.46. The summed E-state index contributed by atoms with van der Waals surface area (Å²) in [5, 5.41) is 14.2. The molecule has 1 aliphatic heterocycles. The van der Waals surface area contributed by atoms with E-state index in [1.165, 1.54) is 11.8 Å². The van der Waals surface area contributed by atoms with Crippen molar-refractivity contribution < 1.29 is 19.4 Å². The number of carbonyl (C=O) groups is 1. The number of benzene rings is 3. The normalized spacial score (nSPS) is 12.1. The van der Waals surface area contributed by atoms with Gasteiger partial charge in [0.25, 0.3) is 5.91 Å². The number of thioether (sulfide) groups is 1. The molecular formula is C23H20ClNO4S. The third kappa shape index (κ3) is 3.93. The van der Waals surface area contributed by atoms with Crippen LogP contribution in [0.15, 0.2) is 53.4 Å². The number of amides is 1. The Labute approximate surface area is 184 Å². The van der Waals surface area contributed by atoms with Gasteiger partial charge in [0.05, 0.1) is 5.56 Å². The fourth-order valence-electron chi connectivity index (χ4n) is 3.38. The van der Waals surface area contributed by atoms with Crippen LogP contribution in [0.1, 0.15) is 22.8 Å². The van der Waals surface area contributed by atoms with Crippen molar-refractivity contribution in [3.63, 3.8) is 0 Å². The summed E-state index contributed by atoms with van der Waals surface area (Å²) in [5.41, 5.74) is 3.51. The maximum Gasteiger partial charge on any atom is 0.260 e. The molecule has 0 saturated heterocycles. The van der Waals surface area contributed by atoms with Crippen molar-refractivity contribution in [3.8, 4) is 28.4 Å². The highest BCUT2D eigenvalue weighted by atomic mass is 35.5. The topological polar surface area (TPSA) is 67.8 Å². The van der Waals surface area contributed by atoms with Gasteiger partial charge in [-0.2, -0.15) is 0 Å². The molecule has 3 aromatic rings. The van der Waals surface area contributed by atoms with Gasteiger partial charge in [0.15, 0.2) is 11.5 Å². The Kier molecular flexibility index (Phi) is 5.79. The summed E-state index contributed by atoms with van der Waals surface area (Å²) < 4.78 is 10.9. The van der Waals surface area contributed by atoms with Gasteiger partial charge in [0.2, 0.25) is 6.79 Å². The van der Waals surface area contributed by atoms with E-state index in [1.54, 1.807) is 30.3 Å². The fraction of sp³-hybridized carbons (Fsp3) is 0.174. The zero-order valence-electron chi connectivity index (χ0n) is 16.5. The molecule has 0 spiro atoms.